The van der Waals surface area contributed by atoms with Crippen LogP contribution in [0.25, 0.3) is 104 Å². The molecule has 14 aromatic rings. The van der Waals surface area contributed by atoms with Crippen LogP contribution in [0.15, 0.2) is 212 Å². The van der Waals surface area contributed by atoms with Crippen molar-refractivity contribution in [2.75, 3.05) is 0 Å². The smallest absolute Gasteiger partial charge is 0.289 e. The first-order valence-electron chi connectivity index (χ1n) is 23.5. The van der Waals surface area contributed by atoms with Crippen molar-refractivity contribution in [3.05, 3.63) is 246 Å². The Hall–Kier alpha value is -8.80. The molecule has 0 N–H and O–H groups in total. The number of hydrogen-bond donors (Lipinski definition) is 0. The van der Waals surface area contributed by atoms with E-state index in [-0.39, 0.29) is 0 Å². The molecular weight excluding hydrogens is 815 g/mol. The van der Waals surface area contributed by atoms with Crippen molar-refractivity contribution in [3.63, 3.8) is 0 Å². The highest BCUT2D eigenvalue weighted by Gasteiger charge is 2.67. The van der Waals surface area contributed by atoms with Crippen molar-refractivity contribution in [1.82, 2.24) is 13.7 Å². The van der Waals surface area contributed by atoms with E-state index in [1.807, 2.05) is 0 Å². The highest BCUT2D eigenvalue weighted by Crippen LogP contribution is 2.65. The van der Waals surface area contributed by atoms with Crippen LogP contribution in [0.2, 0.25) is 0 Å². The van der Waals surface area contributed by atoms with Crippen LogP contribution in [0.1, 0.15) is 33.5 Å². The van der Waals surface area contributed by atoms with Crippen LogP contribution in [0, 0.1) is 0 Å². The SMILES string of the molecule is c1ccc(-n2c3ccccc3c3cc4c5ccc6n7c5c5c(c8ccccc8[n+]5c4cc32)C72c3c(ccc4c5ccccc5n(c34)-c3cccc[n+]32)C62c3ccccc3-c3ccccc32)cc1. The zero-order valence-electron chi connectivity index (χ0n) is 35.9. The highest BCUT2D eigenvalue weighted by atomic mass is 15.4. The van der Waals surface area contributed by atoms with Crippen LogP contribution in [-0.2, 0) is 11.1 Å². The minimum absolute atomic E-state index is 0.610. The lowest BCUT2D eigenvalue weighted by Crippen LogP contribution is -2.68. The molecule has 1 atom stereocenters. The molecule has 1 unspecified atom stereocenters. The van der Waals surface area contributed by atoms with E-state index in [0.717, 1.165) is 11.5 Å². The Bertz CT molecular complexity index is 4650. The second-order valence-electron chi connectivity index (χ2n) is 19.1. The lowest BCUT2D eigenvalue weighted by Gasteiger charge is -2.48. The van der Waals surface area contributed by atoms with Gasteiger partial charge in [-0.2, -0.15) is 8.97 Å². The molecule has 5 nitrogen and oxygen atoms in total. The predicted octanol–water partition coefficient (Wildman–Crippen LogP) is 12.8. The number of pyridine rings is 3. The number of rotatable bonds is 1. The van der Waals surface area contributed by atoms with Gasteiger partial charge in [-0.1, -0.05) is 121 Å². The van der Waals surface area contributed by atoms with E-state index in [2.05, 4.69) is 235 Å². The van der Waals surface area contributed by atoms with Crippen LogP contribution in [0.3, 0.4) is 0 Å². The van der Waals surface area contributed by atoms with Crippen LogP contribution in [-0.4, -0.2) is 13.7 Å². The second-order valence-corrected chi connectivity index (χ2v) is 19.1. The van der Waals surface area contributed by atoms with Crippen molar-refractivity contribution in [1.29, 1.82) is 0 Å². The molecule has 0 amide bonds. The molecule has 67 heavy (non-hydrogen) atoms. The van der Waals surface area contributed by atoms with Crippen LogP contribution < -0.4 is 8.97 Å². The van der Waals surface area contributed by atoms with Crippen LogP contribution in [0.4, 0.5) is 0 Å². The van der Waals surface area contributed by atoms with Gasteiger partial charge in [0.1, 0.15) is 16.6 Å². The van der Waals surface area contributed by atoms with Gasteiger partial charge < -0.3 is 4.57 Å². The number of para-hydroxylation sites is 4. The van der Waals surface area contributed by atoms with Crippen LogP contribution >= 0.6 is 0 Å². The minimum atomic E-state index is -0.790. The predicted molar refractivity (Wildman–Crippen MR) is 268 cm³/mol. The van der Waals surface area contributed by atoms with E-state index >= 15 is 0 Å². The molecule has 0 fully saturated rings. The number of aromatic nitrogens is 5. The van der Waals surface area contributed by atoms with Crippen molar-refractivity contribution in [2.45, 2.75) is 11.1 Å². The zero-order valence-corrected chi connectivity index (χ0v) is 35.9. The first kappa shape index (κ1) is 33.7. The quantitative estimate of drug-likeness (QED) is 0.116. The Morgan fingerprint density at radius 1 is 0.388 bits per heavy atom. The van der Waals surface area contributed by atoms with E-state index in [9.17, 15) is 0 Å². The maximum Gasteiger partial charge on any atom is 0.289 e. The second kappa shape index (κ2) is 11.0. The standard InChI is InChI=1S/C62H35N5/c1-2-16-36(17-3-1)64-49-25-11-7-21-40(49)44-34-45-42-30-32-54-61(46-23-9-4-18-37(46)38-19-5-10-24-47(38)61)48-31-29-41-39-20-6-12-26-50(39)66-55-28-14-15-33-63(55)62(57(48)58(41)66)56-43-22-8-13-27-51(43)65(53(45)35-52(44)64)60(56)59(42)67(54)62/h1-35H/q+2. The Morgan fingerprint density at radius 2 is 1.03 bits per heavy atom. The molecule has 306 valence electrons. The topological polar surface area (TPSA) is 22.8 Å². The monoisotopic (exact) mass is 849 g/mol. The number of benzene rings is 8. The van der Waals surface area contributed by atoms with Crippen molar-refractivity contribution in [2.24, 2.45) is 0 Å². The van der Waals surface area contributed by atoms with Crippen molar-refractivity contribution < 1.29 is 8.97 Å². The van der Waals surface area contributed by atoms with E-state index in [4.69, 9.17) is 0 Å². The molecule has 0 saturated carbocycles. The number of fused-ring (bicyclic) bond motifs is 21. The molecule has 18 rings (SSSR count). The fraction of sp³-hybridized carbons (Fsp3) is 0.0323. The Balaban J connectivity index is 1.15. The molecular formula is C62H35N5+2. The summed E-state index contributed by atoms with van der Waals surface area (Å²) in [6.45, 7) is 0. The molecule has 1 aliphatic carbocycles. The lowest BCUT2D eigenvalue weighted by atomic mass is 9.63. The maximum atomic E-state index is 2.85. The molecule has 5 heteroatoms. The Labute approximate surface area is 382 Å². The summed E-state index contributed by atoms with van der Waals surface area (Å²) in [7, 11) is 0. The van der Waals surface area contributed by atoms with Gasteiger partial charge in [0.2, 0.25) is 16.6 Å². The fourth-order valence-corrected chi connectivity index (χ4v) is 14.5. The molecule has 4 aliphatic rings. The summed E-state index contributed by atoms with van der Waals surface area (Å²) < 4.78 is 13.2. The van der Waals surface area contributed by atoms with Gasteiger partial charge in [0, 0.05) is 56.5 Å². The summed E-state index contributed by atoms with van der Waals surface area (Å²) in [6.07, 6.45) is 2.37. The lowest BCUT2D eigenvalue weighted by molar-refractivity contribution is -0.745. The molecule has 9 heterocycles. The Morgan fingerprint density at radius 3 is 1.84 bits per heavy atom. The largest absolute Gasteiger partial charge is 0.309 e. The first-order chi connectivity index (χ1) is 33.3. The molecule has 2 spiro atoms. The summed E-state index contributed by atoms with van der Waals surface area (Å²) in [6, 6.07) is 78.3. The van der Waals surface area contributed by atoms with E-state index in [1.165, 1.54) is 126 Å². The molecule has 0 bridgehead atoms. The summed E-state index contributed by atoms with van der Waals surface area (Å²) in [5.41, 5.74) is 20.3. The van der Waals surface area contributed by atoms with Gasteiger partial charge in [-0.05, 0) is 94.5 Å². The highest BCUT2D eigenvalue weighted by molar-refractivity contribution is 6.21. The third kappa shape index (κ3) is 3.38. The fourth-order valence-electron chi connectivity index (χ4n) is 14.5. The average molecular weight is 850 g/mol. The minimum Gasteiger partial charge on any atom is -0.309 e. The molecule has 0 saturated heterocycles. The summed E-state index contributed by atoms with van der Waals surface area (Å²) in [5.74, 6) is 1.16. The first-order valence-corrected chi connectivity index (χ1v) is 23.5. The molecule has 6 aromatic heterocycles. The van der Waals surface area contributed by atoms with Gasteiger partial charge in [-0.15, -0.1) is 0 Å². The van der Waals surface area contributed by atoms with Crippen LogP contribution in [0.5, 0.6) is 0 Å². The number of hydrogen-bond acceptors (Lipinski definition) is 0. The van der Waals surface area contributed by atoms with Crippen molar-refractivity contribution in [3.8, 4) is 22.6 Å². The number of nitrogens with zero attached hydrogens (tertiary/aromatic N) is 5. The van der Waals surface area contributed by atoms with Gasteiger partial charge in [-0.25, -0.2) is 4.57 Å². The average Bonchev–Trinajstić information content (AvgIpc) is 4.17. The summed E-state index contributed by atoms with van der Waals surface area (Å²) in [4.78, 5) is 0. The third-order valence-electron chi connectivity index (χ3n) is 16.6. The Kier molecular flexibility index (Phi) is 5.52. The van der Waals surface area contributed by atoms with Gasteiger partial charge >= 0.3 is 0 Å². The van der Waals surface area contributed by atoms with E-state index < -0.39 is 11.1 Å². The zero-order chi connectivity index (χ0) is 43.1. The van der Waals surface area contributed by atoms with Gasteiger partial charge in [0.25, 0.3) is 11.5 Å². The van der Waals surface area contributed by atoms with Crippen molar-refractivity contribution >= 4 is 81.8 Å². The van der Waals surface area contributed by atoms with Gasteiger partial charge in [0.05, 0.1) is 39.0 Å². The normalized spacial score (nSPS) is 16.5. The summed E-state index contributed by atoms with van der Waals surface area (Å²) in [5, 5.41) is 8.85. The van der Waals surface area contributed by atoms with Gasteiger partial charge in [-0.3, -0.25) is 4.57 Å². The maximum absolute atomic E-state index is 2.85. The van der Waals surface area contributed by atoms with E-state index in [0.29, 0.717) is 0 Å². The molecule has 0 radical (unpaired) electrons. The summed E-state index contributed by atoms with van der Waals surface area (Å²) >= 11 is 0. The van der Waals surface area contributed by atoms with Gasteiger partial charge in [0.15, 0.2) is 5.52 Å². The molecule has 8 aromatic carbocycles. The van der Waals surface area contributed by atoms with E-state index in [1.54, 1.807) is 0 Å². The third-order valence-corrected chi connectivity index (χ3v) is 16.6. The molecule has 3 aliphatic heterocycles.